The first-order chi connectivity index (χ1) is 13.8. The zero-order valence-electron chi connectivity index (χ0n) is 17.2. The highest BCUT2D eigenvalue weighted by molar-refractivity contribution is 7.71. The quantitative estimate of drug-likeness (QED) is 0.577. The molecule has 1 N–H and O–H groups in total. The topological polar surface area (TPSA) is 72.2 Å². The summed E-state index contributed by atoms with van der Waals surface area (Å²) in [6.45, 7) is 3.60. The molecule has 2 aromatic rings. The van der Waals surface area contributed by atoms with E-state index in [4.69, 9.17) is 23.8 Å². The number of hydrogen-bond acceptors (Lipinski definition) is 4. The maximum Gasteiger partial charge on any atom is 0.223 e. The average molecular weight is 438 g/mol. The van der Waals surface area contributed by atoms with Gasteiger partial charge in [-0.15, -0.1) is 0 Å². The molecule has 0 radical (unpaired) electrons. The van der Waals surface area contributed by atoms with Gasteiger partial charge < -0.3 is 10.2 Å². The SMILES string of the molecule is CCCCn1c(-c2ccc(Cl)cc2)nn(CCC(=O)NCCC(=O)N(C)C)c1=S. The van der Waals surface area contributed by atoms with E-state index in [1.807, 2.05) is 28.8 Å². The molecule has 0 saturated heterocycles. The van der Waals surface area contributed by atoms with Crippen molar-refractivity contribution in [3.05, 3.63) is 34.1 Å². The normalized spacial score (nSPS) is 10.8. The zero-order chi connectivity index (χ0) is 21.4. The minimum atomic E-state index is -0.130. The summed E-state index contributed by atoms with van der Waals surface area (Å²) in [5.41, 5.74) is 0.932. The van der Waals surface area contributed by atoms with Gasteiger partial charge >= 0.3 is 0 Å². The fourth-order valence-electron chi connectivity index (χ4n) is 2.75. The van der Waals surface area contributed by atoms with Gasteiger partial charge in [-0.05, 0) is 42.9 Å². The van der Waals surface area contributed by atoms with Gasteiger partial charge in [0.1, 0.15) is 0 Å². The first-order valence-electron chi connectivity index (χ1n) is 9.74. The Kier molecular flexibility index (Phi) is 8.85. The van der Waals surface area contributed by atoms with E-state index in [1.54, 1.807) is 18.8 Å². The van der Waals surface area contributed by atoms with Crippen LogP contribution in [0.15, 0.2) is 24.3 Å². The van der Waals surface area contributed by atoms with Gasteiger partial charge in [-0.2, -0.15) is 5.10 Å². The van der Waals surface area contributed by atoms with Gasteiger partial charge in [0.25, 0.3) is 0 Å². The van der Waals surface area contributed by atoms with E-state index in [0.29, 0.717) is 22.9 Å². The van der Waals surface area contributed by atoms with Crippen LogP contribution >= 0.6 is 23.8 Å². The third kappa shape index (κ3) is 6.68. The molecule has 0 atom stereocenters. The van der Waals surface area contributed by atoms with E-state index >= 15 is 0 Å². The van der Waals surface area contributed by atoms with Crippen LogP contribution in [-0.4, -0.2) is 51.7 Å². The van der Waals surface area contributed by atoms with Crippen LogP contribution in [0, 0.1) is 4.77 Å². The summed E-state index contributed by atoms with van der Waals surface area (Å²) in [7, 11) is 3.39. The second kappa shape index (κ2) is 11.1. The number of aryl methyl sites for hydroxylation is 1. The van der Waals surface area contributed by atoms with Crippen molar-refractivity contribution in [2.45, 2.75) is 45.7 Å². The number of unbranched alkanes of at least 4 members (excludes halogenated alkanes) is 1. The monoisotopic (exact) mass is 437 g/mol. The summed E-state index contributed by atoms with van der Waals surface area (Å²) >= 11 is 11.6. The summed E-state index contributed by atoms with van der Waals surface area (Å²) in [5.74, 6) is 0.626. The summed E-state index contributed by atoms with van der Waals surface area (Å²) in [5, 5.41) is 8.09. The van der Waals surface area contributed by atoms with Crippen LogP contribution in [0.3, 0.4) is 0 Å². The Balaban J connectivity index is 2.06. The third-order valence-corrected chi connectivity index (χ3v) is 5.15. The molecule has 0 unspecified atom stereocenters. The number of amides is 2. The Morgan fingerprint density at radius 3 is 2.48 bits per heavy atom. The van der Waals surface area contributed by atoms with Gasteiger partial charge in [0.05, 0.1) is 6.54 Å². The lowest BCUT2D eigenvalue weighted by Gasteiger charge is -2.10. The largest absolute Gasteiger partial charge is 0.356 e. The van der Waals surface area contributed by atoms with E-state index < -0.39 is 0 Å². The number of carbonyl (C=O) groups is 2. The molecule has 7 nitrogen and oxygen atoms in total. The molecule has 29 heavy (non-hydrogen) atoms. The molecule has 1 aromatic carbocycles. The van der Waals surface area contributed by atoms with Gasteiger partial charge in [0.15, 0.2) is 10.6 Å². The molecule has 2 amide bonds. The van der Waals surface area contributed by atoms with Gasteiger partial charge in [0, 0.05) is 50.6 Å². The molecule has 0 fully saturated rings. The minimum Gasteiger partial charge on any atom is -0.356 e. The molecule has 0 spiro atoms. The Bertz CT molecular complexity index is 889. The molecule has 0 aliphatic carbocycles. The van der Waals surface area contributed by atoms with Crippen LogP contribution in [-0.2, 0) is 22.7 Å². The predicted octanol–water partition coefficient (Wildman–Crippen LogP) is 3.52. The van der Waals surface area contributed by atoms with Crippen molar-refractivity contribution in [1.29, 1.82) is 0 Å². The van der Waals surface area contributed by atoms with Gasteiger partial charge in [-0.3, -0.25) is 14.2 Å². The summed E-state index contributed by atoms with van der Waals surface area (Å²) < 4.78 is 4.30. The summed E-state index contributed by atoms with van der Waals surface area (Å²) in [4.78, 5) is 25.2. The average Bonchev–Trinajstić information content (AvgIpc) is 3.00. The van der Waals surface area contributed by atoms with E-state index in [2.05, 4.69) is 17.3 Å². The number of aromatic nitrogens is 3. The number of nitrogens with zero attached hydrogens (tertiary/aromatic N) is 4. The van der Waals surface area contributed by atoms with Crippen molar-refractivity contribution in [1.82, 2.24) is 24.6 Å². The van der Waals surface area contributed by atoms with Crippen LogP contribution in [0.1, 0.15) is 32.6 Å². The van der Waals surface area contributed by atoms with Crippen molar-refractivity contribution < 1.29 is 9.59 Å². The molecule has 158 valence electrons. The number of carbonyl (C=O) groups excluding carboxylic acids is 2. The lowest BCUT2D eigenvalue weighted by atomic mass is 10.2. The number of halogens is 1. The second-order valence-electron chi connectivity index (χ2n) is 6.98. The lowest BCUT2D eigenvalue weighted by molar-refractivity contribution is -0.128. The van der Waals surface area contributed by atoms with Crippen LogP contribution in [0.5, 0.6) is 0 Å². The number of nitrogens with one attached hydrogen (secondary N) is 1. The van der Waals surface area contributed by atoms with Gasteiger partial charge in [-0.25, -0.2) is 4.68 Å². The van der Waals surface area contributed by atoms with Crippen LogP contribution in [0.25, 0.3) is 11.4 Å². The van der Waals surface area contributed by atoms with Crippen LogP contribution in [0.2, 0.25) is 5.02 Å². The maximum atomic E-state index is 12.1. The Hall–Kier alpha value is -2.19. The molecule has 0 aliphatic rings. The van der Waals surface area contributed by atoms with E-state index in [-0.39, 0.29) is 24.7 Å². The number of rotatable bonds is 10. The molecule has 0 saturated carbocycles. The highest BCUT2D eigenvalue weighted by Gasteiger charge is 2.14. The molecule has 1 heterocycles. The second-order valence-corrected chi connectivity index (χ2v) is 7.78. The Morgan fingerprint density at radius 2 is 1.86 bits per heavy atom. The first-order valence-corrected chi connectivity index (χ1v) is 10.5. The molecule has 9 heteroatoms. The summed E-state index contributed by atoms with van der Waals surface area (Å²) in [6, 6.07) is 7.48. The highest BCUT2D eigenvalue weighted by Crippen LogP contribution is 2.21. The van der Waals surface area contributed by atoms with Crippen LogP contribution in [0.4, 0.5) is 0 Å². The molecule has 0 aliphatic heterocycles. The molecule has 1 aromatic heterocycles. The smallest absolute Gasteiger partial charge is 0.223 e. The van der Waals surface area contributed by atoms with E-state index in [1.165, 1.54) is 4.90 Å². The van der Waals surface area contributed by atoms with E-state index in [0.717, 1.165) is 30.8 Å². The van der Waals surface area contributed by atoms with Gasteiger partial charge in [-0.1, -0.05) is 24.9 Å². The van der Waals surface area contributed by atoms with Gasteiger partial charge in [0.2, 0.25) is 11.8 Å². The third-order valence-electron chi connectivity index (χ3n) is 4.47. The van der Waals surface area contributed by atoms with Crippen molar-refractivity contribution in [3.8, 4) is 11.4 Å². The molecular formula is C20H28ClN5O2S. The summed E-state index contributed by atoms with van der Waals surface area (Å²) in [6.07, 6.45) is 2.56. The first kappa shape index (κ1) is 23.1. The number of benzene rings is 1. The Morgan fingerprint density at radius 1 is 1.17 bits per heavy atom. The molecule has 0 bridgehead atoms. The predicted molar refractivity (Wildman–Crippen MR) is 117 cm³/mol. The standard InChI is InChI=1S/C20H28ClN5O2S/c1-4-5-13-25-19(15-6-8-16(21)9-7-15)23-26(20(25)29)14-11-17(27)22-12-10-18(28)24(2)3/h6-9H,4-5,10-14H2,1-3H3,(H,22,27). The van der Waals surface area contributed by atoms with Crippen molar-refractivity contribution in [3.63, 3.8) is 0 Å². The van der Waals surface area contributed by atoms with Crippen LogP contribution < -0.4 is 5.32 Å². The lowest BCUT2D eigenvalue weighted by Crippen LogP contribution is -2.30. The fourth-order valence-corrected chi connectivity index (χ4v) is 3.18. The number of hydrogen-bond donors (Lipinski definition) is 1. The molecule has 2 rings (SSSR count). The van der Waals surface area contributed by atoms with Crippen molar-refractivity contribution in [2.75, 3.05) is 20.6 Å². The maximum absolute atomic E-state index is 12.1. The van der Waals surface area contributed by atoms with E-state index in [9.17, 15) is 9.59 Å². The van der Waals surface area contributed by atoms with Crippen molar-refractivity contribution in [2.24, 2.45) is 0 Å². The fraction of sp³-hybridized carbons (Fsp3) is 0.500. The minimum absolute atomic E-state index is 0.0187. The zero-order valence-corrected chi connectivity index (χ0v) is 18.7. The Labute approximate surface area is 181 Å². The molecular weight excluding hydrogens is 410 g/mol. The van der Waals surface area contributed by atoms with Crippen molar-refractivity contribution >= 4 is 35.6 Å². The highest BCUT2D eigenvalue weighted by atomic mass is 35.5.